The highest BCUT2D eigenvalue weighted by atomic mass is 32.2. The standard InChI is InChI=1S/C12H25NO4S2/c1-12(2)6-5-10(13-3)11(9-12)19(16,17)8-7-18(4,14)15/h10-11,13H,5-9H2,1-4H3. The summed E-state index contributed by atoms with van der Waals surface area (Å²) in [6.45, 7) is 4.13. The van der Waals surface area contributed by atoms with Gasteiger partial charge in [0.1, 0.15) is 9.84 Å². The zero-order valence-electron chi connectivity index (χ0n) is 12.1. The highest BCUT2D eigenvalue weighted by Gasteiger charge is 2.41. The normalized spacial score (nSPS) is 28.2. The van der Waals surface area contributed by atoms with Crippen molar-refractivity contribution in [2.24, 2.45) is 5.41 Å². The SMILES string of the molecule is CNC1CCC(C)(C)CC1S(=O)(=O)CCS(C)(=O)=O. The Morgan fingerprint density at radius 3 is 2.21 bits per heavy atom. The first-order chi connectivity index (χ1) is 8.47. The average molecular weight is 311 g/mol. The lowest BCUT2D eigenvalue weighted by molar-refractivity contribution is 0.214. The third-order valence-corrected chi connectivity index (χ3v) is 7.30. The van der Waals surface area contributed by atoms with Crippen LogP contribution in [0.1, 0.15) is 33.1 Å². The molecule has 19 heavy (non-hydrogen) atoms. The number of sulfone groups is 2. The minimum atomic E-state index is -3.39. The average Bonchev–Trinajstić information content (AvgIpc) is 2.25. The molecule has 0 saturated heterocycles. The molecule has 2 atom stereocenters. The smallest absolute Gasteiger partial charge is 0.155 e. The maximum absolute atomic E-state index is 12.4. The second kappa shape index (κ2) is 5.69. The van der Waals surface area contributed by atoms with Crippen molar-refractivity contribution < 1.29 is 16.8 Å². The molecule has 1 N–H and O–H groups in total. The zero-order valence-corrected chi connectivity index (χ0v) is 13.8. The molecule has 0 spiro atoms. The van der Waals surface area contributed by atoms with Gasteiger partial charge in [-0.1, -0.05) is 13.8 Å². The number of rotatable bonds is 5. The van der Waals surface area contributed by atoms with E-state index in [9.17, 15) is 16.8 Å². The van der Waals surface area contributed by atoms with E-state index in [0.717, 1.165) is 19.1 Å². The second-order valence-electron chi connectivity index (χ2n) is 6.34. The van der Waals surface area contributed by atoms with E-state index in [0.29, 0.717) is 6.42 Å². The minimum absolute atomic E-state index is 0.00379. The fraction of sp³-hybridized carbons (Fsp3) is 1.00. The van der Waals surface area contributed by atoms with Gasteiger partial charge in [-0.2, -0.15) is 0 Å². The predicted molar refractivity (Wildman–Crippen MR) is 77.8 cm³/mol. The van der Waals surface area contributed by atoms with Crippen LogP contribution in [0.2, 0.25) is 0 Å². The van der Waals surface area contributed by atoms with Gasteiger partial charge in [0.25, 0.3) is 0 Å². The number of hydrogen-bond donors (Lipinski definition) is 1. The first-order valence-corrected chi connectivity index (χ1v) is 10.3. The Hall–Kier alpha value is -0.140. The van der Waals surface area contributed by atoms with Crippen LogP contribution < -0.4 is 5.32 Å². The van der Waals surface area contributed by atoms with Crippen LogP contribution in [0.5, 0.6) is 0 Å². The van der Waals surface area contributed by atoms with Crippen LogP contribution in [-0.4, -0.2) is 52.9 Å². The monoisotopic (exact) mass is 311 g/mol. The molecule has 0 bridgehead atoms. The van der Waals surface area contributed by atoms with Gasteiger partial charge in [-0.3, -0.25) is 0 Å². The minimum Gasteiger partial charge on any atom is -0.316 e. The van der Waals surface area contributed by atoms with Crippen molar-refractivity contribution in [3.63, 3.8) is 0 Å². The van der Waals surface area contributed by atoms with Gasteiger partial charge in [-0.05, 0) is 31.7 Å². The van der Waals surface area contributed by atoms with Crippen molar-refractivity contribution in [3.05, 3.63) is 0 Å². The summed E-state index contributed by atoms with van der Waals surface area (Å²) in [5.41, 5.74) is -0.00379. The molecule has 1 aliphatic rings. The fourth-order valence-corrected chi connectivity index (χ4v) is 6.57. The first-order valence-electron chi connectivity index (χ1n) is 6.53. The van der Waals surface area contributed by atoms with Crippen molar-refractivity contribution in [1.82, 2.24) is 5.32 Å². The summed E-state index contributed by atoms with van der Waals surface area (Å²) in [5, 5.41) is 2.58. The molecule has 7 heteroatoms. The van der Waals surface area contributed by atoms with Crippen molar-refractivity contribution in [3.8, 4) is 0 Å². The van der Waals surface area contributed by atoms with Gasteiger partial charge in [0.2, 0.25) is 0 Å². The van der Waals surface area contributed by atoms with E-state index < -0.39 is 24.9 Å². The van der Waals surface area contributed by atoms with Crippen molar-refractivity contribution in [2.75, 3.05) is 24.8 Å². The number of hydrogen-bond acceptors (Lipinski definition) is 5. The molecule has 1 fully saturated rings. The zero-order chi connectivity index (χ0) is 14.9. The topological polar surface area (TPSA) is 80.3 Å². The molecule has 0 aliphatic heterocycles. The third kappa shape index (κ3) is 5.04. The van der Waals surface area contributed by atoms with E-state index >= 15 is 0 Å². The lowest BCUT2D eigenvalue weighted by Gasteiger charge is -2.40. The van der Waals surface area contributed by atoms with Gasteiger partial charge in [-0.25, -0.2) is 16.8 Å². The molecule has 1 rings (SSSR count). The van der Waals surface area contributed by atoms with Crippen molar-refractivity contribution in [2.45, 2.75) is 44.4 Å². The van der Waals surface area contributed by atoms with E-state index in [4.69, 9.17) is 0 Å². The van der Waals surface area contributed by atoms with Crippen molar-refractivity contribution in [1.29, 1.82) is 0 Å². The van der Waals surface area contributed by atoms with Crippen LogP contribution >= 0.6 is 0 Å². The molecule has 2 unspecified atom stereocenters. The molecule has 5 nitrogen and oxygen atoms in total. The summed E-state index contributed by atoms with van der Waals surface area (Å²) in [6, 6.07) is -0.0717. The molecular formula is C12H25NO4S2. The molecule has 1 aliphatic carbocycles. The van der Waals surface area contributed by atoms with Gasteiger partial charge in [0.15, 0.2) is 9.84 Å². The van der Waals surface area contributed by atoms with E-state index in [-0.39, 0.29) is 23.0 Å². The van der Waals surface area contributed by atoms with Crippen molar-refractivity contribution >= 4 is 19.7 Å². The highest BCUT2D eigenvalue weighted by molar-refractivity contribution is 7.95. The molecule has 0 aromatic rings. The maximum atomic E-state index is 12.4. The fourth-order valence-electron chi connectivity index (χ4n) is 2.65. The quantitative estimate of drug-likeness (QED) is 0.805. The Labute approximate surface area is 117 Å². The van der Waals surface area contributed by atoms with Crippen LogP contribution in [0.25, 0.3) is 0 Å². The van der Waals surface area contributed by atoms with Crippen LogP contribution in [0.15, 0.2) is 0 Å². The molecule has 0 amide bonds. The lowest BCUT2D eigenvalue weighted by Crippen LogP contribution is -2.49. The summed E-state index contributed by atoms with van der Waals surface area (Å²) in [6.07, 6.45) is 3.45. The summed E-state index contributed by atoms with van der Waals surface area (Å²) >= 11 is 0. The third-order valence-electron chi connectivity index (χ3n) is 3.91. The van der Waals surface area contributed by atoms with Crippen LogP contribution in [-0.2, 0) is 19.7 Å². The summed E-state index contributed by atoms with van der Waals surface area (Å²) in [4.78, 5) is 0. The molecule has 0 radical (unpaired) electrons. The van der Waals surface area contributed by atoms with E-state index in [1.807, 2.05) is 0 Å². The molecule has 0 aromatic carbocycles. The largest absolute Gasteiger partial charge is 0.316 e. The summed E-state index contributed by atoms with van der Waals surface area (Å²) < 4.78 is 47.1. The number of nitrogens with one attached hydrogen (secondary N) is 1. The summed E-state index contributed by atoms with van der Waals surface area (Å²) in [5.74, 6) is -0.562. The van der Waals surface area contributed by atoms with Gasteiger partial charge >= 0.3 is 0 Å². The van der Waals surface area contributed by atoms with Crippen LogP contribution in [0, 0.1) is 5.41 Å². The predicted octanol–water partition coefficient (Wildman–Crippen LogP) is 0.613. The van der Waals surface area contributed by atoms with Gasteiger partial charge < -0.3 is 5.32 Å². The van der Waals surface area contributed by atoms with Crippen LogP contribution in [0.3, 0.4) is 0 Å². The Bertz CT molecular complexity index is 508. The Morgan fingerprint density at radius 2 is 1.74 bits per heavy atom. The highest BCUT2D eigenvalue weighted by Crippen LogP contribution is 2.38. The Morgan fingerprint density at radius 1 is 1.16 bits per heavy atom. The Balaban J connectivity index is 2.89. The van der Waals surface area contributed by atoms with Crippen LogP contribution in [0.4, 0.5) is 0 Å². The molecule has 1 saturated carbocycles. The molecule has 0 heterocycles. The lowest BCUT2D eigenvalue weighted by atomic mass is 9.75. The maximum Gasteiger partial charge on any atom is 0.155 e. The van der Waals surface area contributed by atoms with E-state index in [1.54, 1.807) is 7.05 Å². The van der Waals surface area contributed by atoms with Gasteiger partial charge in [-0.15, -0.1) is 0 Å². The summed E-state index contributed by atoms with van der Waals surface area (Å²) in [7, 11) is -4.87. The van der Waals surface area contributed by atoms with Gasteiger partial charge in [0, 0.05) is 12.3 Å². The molecule has 0 aromatic heterocycles. The van der Waals surface area contributed by atoms with E-state index in [1.165, 1.54) is 0 Å². The molecule has 114 valence electrons. The molecular weight excluding hydrogens is 286 g/mol. The first kappa shape index (κ1) is 16.9. The Kier molecular flexibility index (Phi) is 5.07. The second-order valence-corrected chi connectivity index (χ2v) is 10.9. The van der Waals surface area contributed by atoms with E-state index in [2.05, 4.69) is 19.2 Å². The van der Waals surface area contributed by atoms with Gasteiger partial charge in [0.05, 0.1) is 16.8 Å².